The Kier molecular flexibility index (Phi) is 7.30. The molecule has 2 heterocycles. The zero-order valence-electron chi connectivity index (χ0n) is 20.1. The molecular weight excluding hydrogens is 450 g/mol. The van der Waals surface area contributed by atoms with E-state index in [9.17, 15) is 14.4 Å². The summed E-state index contributed by atoms with van der Waals surface area (Å²) in [4.78, 5) is 42.3. The molecule has 2 N–H and O–H groups in total. The van der Waals surface area contributed by atoms with Crippen LogP contribution in [0, 0.1) is 0 Å². The van der Waals surface area contributed by atoms with Gasteiger partial charge in [0.1, 0.15) is 11.2 Å². The van der Waals surface area contributed by atoms with Gasteiger partial charge in [-0.05, 0) is 50.1 Å². The summed E-state index contributed by atoms with van der Waals surface area (Å²) < 4.78 is 1.52. The van der Waals surface area contributed by atoms with Crippen molar-refractivity contribution in [2.45, 2.75) is 75.5 Å². The average Bonchev–Trinajstić information content (AvgIpc) is 3.50. The Morgan fingerprint density at radius 2 is 1.91 bits per heavy atom. The maximum absolute atomic E-state index is 13.4. The highest BCUT2D eigenvalue weighted by molar-refractivity contribution is 7.98. The number of benzene rings is 1. The largest absolute Gasteiger partial charge is 0.351 e. The molecule has 1 aliphatic carbocycles. The fourth-order valence-corrected chi connectivity index (χ4v) is 5.16. The number of thioether (sulfide) groups is 1. The lowest BCUT2D eigenvalue weighted by atomic mass is 9.94. The highest BCUT2D eigenvalue weighted by Gasteiger charge is 2.48. The Bertz CT molecular complexity index is 1060. The van der Waals surface area contributed by atoms with E-state index in [4.69, 9.17) is 0 Å². The average molecular weight is 484 g/mol. The van der Waals surface area contributed by atoms with E-state index in [1.807, 2.05) is 37.4 Å². The molecule has 4 rings (SSSR count). The van der Waals surface area contributed by atoms with Gasteiger partial charge in [0.15, 0.2) is 5.69 Å². The molecule has 9 heteroatoms. The van der Waals surface area contributed by atoms with E-state index in [0.29, 0.717) is 18.8 Å². The van der Waals surface area contributed by atoms with Crippen LogP contribution >= 0.6 is 11.8 Å². The van der Waals surface area contributed by atoms with Crippen LogP contribution in [-0.4, -0.2) is 56.8 Å². The molecule has 2 aromatic rings. The van der Waals surface area contributed by atoms with E-state index >= 15 is 0 Å². The molecule has 0 radical (unpaired) electrons. The maximum Gasteiger partial charge on any atom is 0.273 e. The molecule has 0 bridgehead atoms. The summed E-state index contributed by atoms with van der Waals surface area (Å²) in [7, 11) is 0. The van der Waals surface area contributed by atoms with Gasteiger partial charge in [0, 0.05) is 30.1 Å². The Morgan fingerprint density at radius 3 is 2.56 bits per heavy atom. The lowest BCUT2D eigenvalue weighted by Gasteiger charge is -2.43. The van der Waals surface area contributed by atoms with Crippen LogP contribution in [0.3, 0.4) is 0 Å². The molecule has 1 atom stereocenters. The van der Waals surface area contributed by atoms with Crippen LogP contribution in [0.4, 0.5) is 0 Å². The number of nitrogens with one attached hydrogen (secondary N) is 2. The molecule has 1 aliphatic heterocycles. The van der Waals surface area contributed by atoms with Gasteiger partial charge in [-0.25, -0.2) is 0 Å². The summed E-state index contributed by atoms with van der Waals surface area (Å²) in [6.07, 6.45) is 6.92. The number of hydrogen-bond donors (Lipinski definition) is 2. The fraction of sp³-hybridized carbons (Fsp3) is 0.520. The number of rotatable bonds is 8. The van der Waals surface area contributed by atoms with Crippen molar-refractivity contribution < 1.29 is 14.4 Å². The van der Waals surface area contributed by atoms with Crippen LogP contribution in [0.1, 0.15) is 72.5 Å². The number of amides is 3. The third kappa shape index (κ3) is 4.85. The van der Waals surface area contributed by atoms with Crippen LogP contribution in [0.15, 0.2) is 35.2 Å². The van der Waals surface area contributed by atoms with Crippen LogP contribution in [0.25, 0.3) is 0 Å². The number of carbonyl (C=O) groups excluding carboxylic acids is 3. The summed E-state index contributed by atoms with van der Waals surface area (Å²) in [6, 6.07) is 9.68. The van der Waals surface area contributed by atoms with E-state index in [2.05, 4.69) is 15.7 Å². The third-order valence-corrected chi connectivity index (χ3v) is 7.51. The number of hydrogen-bond acceptors (Lipinski definition) is 5. The number of nitrogens with zero attached hydrogens (tertiary/aromatic N) is 3. The van der Waals surface area contributed by atoms with Crippen molar-refractivity contribution in [3.8, 4) is 0 Å². The summed E-state index contributed by atoms with van der Waals surface area (Å²) in [6.45, 7) is 4.84. The minimum absolute atomic E-state index is 0.151. The van der Waals surface area contributed by atoms with Gasteiger partial charge >= 0.3 is 0 Å². The highest BCUT2D eigenvalue weighted by atomic mass is 32.2. The Labute approximate surface area is 204 Å². The molecule has 0 spiro atoms. The quantitative estimate of drug-likeness (QED) is 0.562. The molecule has 34 heavy (non-hydrogen) atoms. The molecule has 3 amide bonds. The second-order valence-corrected chi connectivity index (χ2v) is 10.2. The van der Waals surface area contributed by atoms with Crippen molar-refractivity contribution in [2.24, 2.45) is 0 Å². The van der Waals surface area contributed by atoms with Crippen molar-refractivity contribution in [1.82, 2.24) is 25.3 Å². The van der Waals surface area contributed by atoms with Crippen molar-refractivity contribution in [3.63, 3.8) is 0 Å². The molecule has 2 aliphatic rings. The SMILES string of the molecule is CCCN1C(=O)c2cc(C(=O)NCc3ccc(SC)cc3)nn2CC1(C)C(=O)NC1CCCC1. The topological polar surface area (TPSA) is 96.3 Å². The normalized spacial score (nSPS) is 20.3. The first-order valence-electron chi connectivity index (χ1n) is 12.0. The van der Waals surface area contributed by atoms with Gasteiger partial charge in [0.2, 0.25) is 5.91 Å². The zero-order chi connectivity index (χ0) is 24.3. The highest BCUT2D eigenvalue weighted by Crippen LogP contribution is 2.29. The van der Waals surface area contributed by atoms with Gasteiger partial charge in [0.25, 0.3) is 11.8 Å². The van der Waals surface area contributed by atoms with Crippen LogP contribution < -0.4 is 10.6 Å². The Balaban J connectivity index is 1.51. The summed E-state index contributed by atoms with van der Waals surface area (Å²) in [5.41, 5.74) is 0.452. The van der Waals surface area contributed by atoms with Crippen LogP contribution in [0.2, 0.25) is 0 Å². The van der Waals surface area contributed by atoms with Gasteiger partial charge in [0.05, 0.1) is 6.54 Å². The van der Waals surface area contributed by atoms with Gasteiger partial charge in [-0.2, -0.15) is 5.10 Å². The van der Waals surface area contributed by atoms with Crippen LogP contribution in [0.5, 0.6) is 0 Å². The van der Waals surface area contributed by atoms with E-state index in [1.54, 1.807) is 23.6 Å². The standard InChI is InChI=1S/C25H33N5O3S/c1-4-13-29-23(32)21-14-20(22(31)26-15-17-9-11-19(34-3)12-10-17)28-30(21)16-25(29,2)24(33)27-18-7-5-6-8-18/h9-12,14,18H,4-8,13,15-16H2,1-3H3,(H,26,31)(H,27,33). The second-order valence-electron chi connectivity index (χ2n) is 9.29. The van der Waals surface area contributed by atoms with Gasteiger partial charge in [-0.1, -0.05) is 31.9 Å². The Hall–Kier alpha value is -2.81. The van der Waals surface area contributed by atoms with E-state index in [1.165, 1.54) is 10.7 Å². The first kappa shape index (κ1) is 24.3. The molecule has 1 unspecified atom stereocenters. The van der Waals surface area contributed by atoms with Gasteiger partial charge in [-0.15, -0.1) is 11.8 Å². The van der Waals surface area contributed by atoms with Crippen molar-refractivity contribution in [1.29, 1.82) is 0 Å². The molecular formula is C25H33N5O3S. The fourth-order valence-electron chi connectivity index (χ4n) is 4.75. The van der Waals surface area contributed by atoms with Crippen molar-refractivity contribution in [2.75, 3.05) is 12.8 Å². The van der Waals surface area contributed by atoms with Crippen LogP contribution in [-0.2, 0) is 17.9 Å². The molecule has 1 fully saturated rings. The summed E-state index contributed by atoms with van der Waals surface area (Å²) >= 11 is 1.66. The lowest BCUT2D eigenvalue weighted by molar-refractivity contribution is -0.133. The second kappa shape index (κ2) is 10.2. The first-order chi connectivity index (χ1) is 16.4. The van der Waals surface area contributed by atoms with E-state index in [-0.39, 0.29) is 36.0 Å². The molecule has 1 aromatic heterocycles. The summed E-state index contributed by atoms with van der Waals surface area (Å²) in [5.74, 6) is -0.763. The minimum Gasteiger partial charge on any atom is -0.351 e. The third-order valence-electron chi connectivity index (χ3n) is 6.77. The smallest absolute Gasteiger partial charge is 0.273 e. The van der Waals surface area contributed by atoms with Crippen molar-refractivity contribution >= 4 is 29.5 Å². The number of fused-ring (bicyclic) bond motifs is 1. The molecule has 1 aromatic carbocycles. The predicted molar refractivity (Wildman–Crippen MR) is 132 cm³/mol. The van der Waals surface area contributed by atoms with E-state index in [0.717, 1.165) is 42.6 Å². The summed E-state index contributed by atoms with van der Waals surface area (Å²) in [5, 5.41) is 10.4. The molecule has 1 saturated carbocycles. The van der Waals surface area contributed by atoms with Crippen molar-refractivity contribution in [3.05, 3.63) is 47.3 Å². The van der Waals surface area contributed by atoms with E-state index < -0.39 is 5.54 Å². The van der Waals surface area contributed by atoms with Gasteiger partial charge in [-0.3, -0.25) is 19.1 Å². The monoisotopic (exact) mass is 483 g/mol. The maximum atomic E-state index is 13.4. The van der Waals surface area contributed by atoms with Gasteiger partial charge < -0.3 is 15.5 Å². The Morgan fingerprint density at radius 1 is 1.21 bits per heavy atom. The lowest BCUT2D eigenvalue weighted by Crippen LogP contribution is -2.65. The first-order valence-corrected chi connectivity index (χ1v) is 13.2. The number of carbonyl (C=O) groups is 3. The number of aromatic nitrogens is 2. The zero-order valence-corrected chi connectivity index (χ0v) is 20.9. The molecule has 182 valence electrons. The predicted octanol–water partition coefficient (Wildman–Crippen LogP) is 3.22. The molecule has 8 nitrogen and oxygen atoms in total. The molecule has 0 saturated heterocycles. The minimum atomic E-state index is -1.05.